The maximum Gasteiger partial charge on any atom is 0.460 e. The molecule has 1 aromatic heterocycles. The molecule has 39 heavy (non-hydrogen) atoms. The van der Waals surface area contributed by atoms with Crippen LogP contribution >= 0.6 is 0 Å². The number of amides is 4. The molecule has 3 saturated heterocycles. The fourth-order valence-corrected chi connectivity index (χ4v) is 5.25. The average molecular weight is 565 g/mol. The molecular weight excluding hydrogens is 553 g/mol. The predicted molar refractivity (Wildman–Crippen MR) is 110 cm³/mol. The van der Waals surface area contributed by atoms with Gasteiger partial charge in [0.2, 0.25) is 0 Å². The number of likely N-dealkylation sites (tertiary alicyclic amines) is 1. The summed E-state index contributed by atoms with van der Waals surface area (Å²) in [5.41, 5.74) is -0.169. The molecule has 0 radical (unpaired) electrons. The molecule has 8 nitrogen and oxygen atoms in total. The number of nitrogens with zero attached hydrogens (tertiary/aromatic N) is 5. The molecule has 206 valence electrons. The van der Waals surface area contributed by atoms with Crippen molar-refractivity contribution in [3.63, 3.8) is 0 Å². The van der Waals surface area contributed by atoms with Gasteiger partial charge in [-0.25, -0.2) is 14.7 Å². The number of imide groups is 1. The number of alkyl halides is 9. The largest absolute Gasteiger partial charge is 0.460 e. The monoisotopic (exact) mass is 565 g/mol. The number of hydrogen-bond acceptors (Lipinski definition) is 5. The average Bonchev–Trinajstić information content (AvgIpc) is 3.53. The number of carbonyl (C=O) groups excluding carboxylic acids is 3. The molecule has 0 aliphatic carbocycles. The number of hydrogen-bond donors (Lipinski definition) is 0. The fraction of sp³-hybridized carbons (Fsp3) is 0.409. The van der Waals surface area contributed by atoms with E-state index < -0.39 is 66.5 Å². The van der Waals surface area contributed by atoms with Crippen LogP contribution < -0.4 is 4.90 Å². The summed E-state index contributed by atoms with van der Waals surface area (Å²) in [6.07, 6.45) is -6.46. The van der Waals surface area contributed by atoms with Crippen molar-refractivity contribution >= 4 is 34.3 Å². The van der Waals surface area contributed by atoms with E-state index >= 15 is 0 Å². The zero-order valence-electron chi connectivity index (χ0n) is 18.9. The third-order valence-corrected chi connectivity index (χ3v) is 7.06. The van der Waals surface area contributed by atoms with Gasteiger partial charge in [0, 0.05) is 17.3 Å². The molecule has 0 N–H and O–H groups in total. The summed E-state index contributed by atoms with van der Waals surface area (Å²) in [5.74, 6) is -25.1. The summed E-state index contributed by atoms with van der Waals surface area (Å²) in [7, 11) is 0. The molecular formula is C22H12F9N5O3. The van der Waals surface area contributed by atoms with Crippen LogP contribution in [0.4, 0.5) is 50.0 Å². The molecule has 2 bridgehead atoms. The van der Waals surface area contributed by atoms with E-state index in [1.54, 1.807) is 6.07 Å². The highest BCUT2D eigenvalue weighted by atomic mass is 19.4. The van der Waals surface area contributed by atoms with Crippen LogP contribution in [0, 0.1) is 11.3 Å². The second-order valence-electron chi connectivity index (χ2n) is 9.09. The van der Waals surface area contributed by atoms with Crippen LogP contribution in [-0.2, 0) is 9.59 Å². The number of rotatable bonds is 4. The Balaban J connectivity index is 1.48. The molecule has 3 aliphatic rings. The molecule has 0 spiro atoms. The SMILES string of the molecule is N#Cc1ncc(N2C(=O)[C@@H]3[C@@H]4C[C@@H](CN4C(=O)C(F)(F)C(F)(F)C(F)(F)C(F)(F)F)N3C2=O)c2ccccc12. The van der Waals surface area contributed by atoms with Crippen molar-refractivity contribution < 1.29 is 53.9 Å². The molecule has 1 aromatic carbocycles. The molecule has 4 heterocycles. The van der Waals surface area contributed by atoms with Gasteiger partial charge in [0.15, 0.2) is 0 Å². The summed E-state index contributed by atoms with van der Waals surface area (Å²) >= 11 is 0. The molecule has 0 saturated carbocycles. The minimum atomic E-state index is -7.26. The third-order valence-electron chi connectivity index (χ3n) is 7.06. The summed E-state index contributed by atoms with van der Waals surface area (Å²) in [6.45, 7) is -0.914. The summed E-state index contributed by atoms with van der Waals surface area (Å²) in [4.78, 5) is 44.2. The topological polar surface area (TPSA) is 97.6 Å². The van der Waals surface area contributed by atoms with Gasteiger partial charge in [-0.1, -0.05) is 24.3 Å². The summed E-state index contributed by atoms with van der Waals surface area (Å²) < 4.78 is 121. The fourth-order valence-electron chi connectivity index (χ4n) is 5.25. The van der Waals surface area contributed by atoms with Crippen molar-refractivity contribution in [3.8, 4) is 6.07 Å². The number of anilines is 1. The van der Waals surface area contributed by atoms with Crippen LogP contribution in [0.25, 0.3) is 10.8 Å². The zero-order valence-corrected chi connectivity index (χ0v) is 18.9. The number of halogens is 9. The van der Waals surface area contributed by atoms with Gasteiger partial charge in [0.1, 0.15) is 17.8 Å². The molecule has 3 fully saturated rings. The third kappa shape index (κ3) is 3.26. The van der Waals surface area contributed by atoms with Crippen LogP contribution in [0.1, 0.15) is 12.1 Å². The van der Waals surface area contributed by atoms with Crippen LogP contribution in [0.5, 0.6) is 0 Å². The highest BCUT2D eigenvalue weighted by Gasteiger charge is 2.84. The maximum absolute atomic E-state index is 14.4. The zero-order chi connectivity index (χ0) is 28.9. The van der Waals surface area contributed by atoms with E-state index in [1.165, 1.54) is 18.2 Å². The summed E-state index contributed by atoms with van der Waals surface area (Å²) in [5, 5.41) is 9.74. The van der Waals surface area contributed by atoms with Gasteiger partial charge in [-0.15, -0.1) is 0 Å². The number of urea groups is 1. The normalized spacial score (nSPS) is 23.6. The van der Waals surface area contributed by atoms with Gasteiger partial charge in [0.25, 0.3) is 11.8 Å². The smallest absolute Gasteiger partial charge is 0.330 e. The first-order valence-electron chi connectivity index (χ1n) is 10.9. The van der Waals surface area contributed by atoms with Gasteiger partial charge in [0.05, 0.1) is 24.0 Å². The lowest BCUT2D eigenvalue weighted by atomic mass is 10.0. The molecule has 3 aliphatic heterocycles. The predicted octanol–water partition coefficient (Wildman–Crippen LogP) is 3.69. The van der Waals surface area contributed by atoms with Crippen molar-refractivity contribution in [2.75, 3.05) is 11.4 Å². The van der Waals surface area contributed by atoms with Crippen LogP contribution in [0.2, 0.25) is 0 Å². The highest BCUT2D eigenvalue weighted by molar-refractivity contribution is 6.25. The van der Waals surface area contributed by atoms with E-state index in [2.05, 4.69) is 4.98 Å². The van der Waals surface area contributed by atoms with Crippen molar-refractivity contribution in [1.29, 1.82) is 5.26 Å². The Morgan fingerprint density at radius 1 is 0.974 bits per heavy atom. The molecule has 0 unspecified atom stereocenters. The van der Waals surface area contributed by atoms with E-state index in [-0.39, 0.29) is 33.5 Å². The van der Waals surface area contributed by atoms with Crippen molar-refractivity contribution in [1.82, 2.24) is 14.8 Å². The van der Waals surface area contributed by atoms with E-state index in [0.29, 0.717) is 4.90 Å². The minimum absolute atomic E-state index is 0.0513. The Labute approximate surface area is 211 Å². The first-order chi connectivity index (χ1) is 18.0. The maximum atomic E-state index is 14.4. The lowest BCUT2D eigenvalue weighted by Crippen LogP contribution is -2.67. The number of benzene rings is 1. The van der Waals surface area contributed by atoms with E-state index in [1.807, 2.05) is 6.07 Å². The number of nitriles is 1. The number of carbonyl (C=O) groups is 3. The number of pyridine rings is 1. The second-order valence-corrected chi connectivity index (χ2v) is 9.09. The summed E-state index contributed by atoms with van der Waals surface area (Å²) in [6, 6.07) is 2.21. The second kappa shape index (κ2) is 7.96. The van der Waals surface area contributed by atoms with Crippen molar-refractivity contribution in [2.24, 2.45) is 0 Å². The standard InChI is InChI=1S/C22H12F9N5O3/c23-19(24,20(25,26)21(27,28)22(29,30)31)17(38)34-8-9-5-13(34)15-16(37)36(18(39)35(9)15)14-7-33-12(6-32)10-3-1-2-4-11(10)14/h1-4,7,9,13,15H,5,8H2/t9-,13-,15-/m0/s1. The van der Waals surface area contributed by atoms with E-state index in [4.69, 9.17) is 0 Å². The molecule has 2 aromatic rings. The highest BCUT2D eigenvalue weighted by Crippen LogP contribution is 2.54. The number of aromatic nitrogens is 1. The van der Waals surface area contributed by atoms with Crippen LogP contribution in [-0.4, -0.2) is 81.2 Å². The lowest BCUT2D eigenvalue weighted by molar-refractivity contribution is -0.389. The molecule has 3 atom stereocenters. The van der Waals surface area contributed by atoms with Crippen LogP contribution in [0.3, 0.4) is 0 Å². The molecule has 4 amide bonds. The van der Waals surface area contributed by atoms with E-state index in [0.717, 1.165) is 11.1 Å². The Morgan fingerprint density at radius 2 is 1.59 bits per heavy atom. The van der Waals surface area contributed by atoms with Gasteiger partial charge in [-0.05, 0) is 6.42 Å². The molecule has 17 heteroatoms. The van der Waals surface area contributed by atoms with Crippen molar-refractivity contribution in [3.05, 3.63) is 36.2 Å². The minimum Gasteiger partial charge on any atom is -0.330 e. The Morgan fingerprint density at radius 3 is 2.18 bits per heavy atom. The lowest BCUT2D eigenvalue weighted by Gasteiger charge is -2.39. The van der Waals surface area contributed by atoms with Crippen LogP contribution in [0.15, 0.2) is 30.5 Å². The Kier molecular flexibility index (Phi) is 5.41. The van der Waals surface area contributed by atoms with Gasteiger partial charge >= 0.3 is 30.0 Å². The van der Waals surface area contributed by atoms with E-state index in [9.17, 15) is 59.2 Å². The van der Waals surface area contributed by atoms with Gasteiger partial charge in [-0.2, -0.15) is 44.8 Å². The number of piperazine rings is 1. The Bertz CT molecular complexity index is 1470. The van der Waals surface area contributed by atoms with Crippen molar-refractivity contribution in [2.45, 2.75) is 48.5 Å². The first kappa shape index (κ1) is 26.5. The molecule has 5 rings (SSSR count). The van der Waals surface area contributed by atoms with Gasteiger partial charge in [-0.3, -0.25) is 9.59 Å². The Hall–Kier alpha value is -4.10. The quantitative estimate of drug-likeness (QED) is 0.416. The first-order valence-corrected chi connectivity index (χ1v) is 10.9. The number of fused-ring (bicyclic) bond motifs is 6. The van der Waals surface area contributed by atoms with Gasteiger partial charge < -0.3 is 9.80 Å².